The zero-order chi connectivity index (χ0) is 10.8. The summed E-state index contributed by atoms with van der Waals surface area (Å²) in [6.07, 6.45) is -3.79. The Morgan fingerprint density at radius 1 is 1.43 bits per heavy atom. The Labute approximate surface area is 75.3 Å². The van der Waals surface area contributed by atoms with Crippen molar-refractivity contribution in [1.29, 1.82) is 0 Å². The van der Waals surface area contributed by atoms with Gasteiger partial charge in [-0.25, -0.2) is 0 Å². The number of aromatic amines is 1. The molecule has 76 valence electrons. The monoisotopic (exact) mass is 207 g/mol. The van der Waals surface area contributed by atoms with E-state index in [-0.39, 0.29) is 11.8 Å². The van der Waals surface area contributed by atoms with Gasteiger partial charge in [-0.15, -0.1) is 13.2 Å². The fourth-order valence-corrected chi connectivity index (χ4v) is 0.740. The van der Waals surface area contributed by atoms with Gasteiger partial charge in [0.05, 0.1) is 5.56 Å². The number of hydrogen-bond donors (Lipinski definition) is 1. The predicted octanol–water partition coefficient (Wildman–Crippen LogP) is 1.09. The first-order valence-corrected chi connectivity index (χ1v) is 3.36. The molecule has 0 aromatic carbocycles. The second-order valence-electron chi connectivity index (χ2n) is 2.28. The van der Waals surface area contributed by atoms with Crippen LogP contribution in [-0.2, 0) is 0 Å². The Kier molecular flexibility index (Phi) is 2.59. The molecule has 1 rings (SSSR count). The van der Waals surface area contributed by atoms with E-state index in [0.717, 1.165) is 6.20 Å². The fourth-order valence-electron chi connectivity index (χ4n) is 0.740. The van der Waals surface area contributed by atoms with E-state index in [1.54, 1.807) is 0 Å². The Morgan fingerprint density at radius 3 is 2.50 bits per heavy atom. The summed E-state index contributed by atoms with van der Waals surface area (Å²) in [5.74, 6) is -0.756. The van der Waals surface area contributed by atoms with Crippen LogP contribution < -0.4 is 10.2 Å². The van der Waals surface area contributed by atoms with Gasteiger partial charge in [0.25, 0.3) is 0 Å². The minimum absolute atomic E-state index is 0.232. The molecule has 0 saturated carbocycles. The standard InChI is InChI=1S/C7H4F3NO3/c8-7(9,10)14-6-1-5(13)4(3-12)2-11-6/h1-3H,(H,11,13). The number of ether oxygens (including phenoxy) is 1. The lowest BCUT2D eigenvalue weighted by atomic mass is 10.3. The summed E-state index contributed by atoms with van der Waals surface area (Å²) in [5, 5.41) is 0. The number of rotatable bonds is 2. The molecule has 0 aliphatic carbocycles. The highest BCUT2D eigenvalue weighted by molar-refractivity contribution is 5.73. The van der Waals surface area contributed by atoms with Gasteiger partial charge < -0.3 is 9.72 Å². The molecule has 0 fully saturated rings. The fraction of sp³-hybridized carbons (Fsp3) is 0.143. The van der Waals surface area contributed by atoms with Crippen molar-refractivity contribution in [3.05, 3.63) is 28.0 Å². The molecular weight excluding hydrogens is 203 g/mol. The first-order chi connectivity index (χ1) is 6.42. The van der Waals surface area contributed by atoms with Crippen LogP contribution in [0.25, 0.3) is 0 Å². The lowest BCUT2D eigenvalue weighted by Crippen LogP contribution is -2.19. The van der Waals surface area contributed by atoms with Gasteiger partial charge in [0.1, 0.15) is 0 Å². The summed E-state index contributed by atoms with van der Waals surface area (Å²) in [6.45, 7) is 0. The maximum Gasteiger partial charge on any atom is 0.574 e. The maximum absolute atomic E-state index is 11.6. The van der Waals surface area contributed by atoms with Crippen LogP contribution in [0.2, 0.25) is 0 Å². The Balaban J connectivity index is 2.98. The topological polar surface area (TPSA) is 59.2 Å². The highest BCUT2D eigenvalue weighted by atomic mass is 19.4. The zero-order valence-corrected chi connectivity index (χ0v) is 6.59. The molecule has 0 spiro atoms. The van der Waals surface area contributed by atoms with Gasteiger partial charge in [-0.05, 0) is 0 Å². The van der Waals surface area contributed by atoms with Gasteiger partial charge >= 0.3 is 6.36 Å². The zero-order valence-electron chi connectivity index (χ0n) is 6.59. The third kappa shape index (κ3) is 2.61. The van der Waals surface area contributed by atoms with Crippen LogP contribution in [0.1, 0.15) is 10.4 Å². The van der Waals surface area contributed by atoms with Crippen molar-refractivity contribution >= 4 is 6.29 Å². The van der Waals surface area contributed by atoms with Crippen LogP contribution >= 0.6 is 0 Å². The largest absolute Gasteiger partial charge is 0.574 e. The average molecular weight is 207 g/mol. The van der Waals surface area contributed by atoms with E-state index in [1.807, 2.05) is 4.98 Å². The molecule has 1 aromatic heterocycles. The third-order valence-electron chi connectivity index (χ3n) is 1.27. The van der Waals surface area contributed by atoms with Crippen molar-refractivity contribution in [1.82, 2.24) is 4.98 Å². The highest BCUT2D eigenvalue weighted by Gasteiger charge is 2.31. The van der Waals surface area contributed by atoms with Crippen molar-refractivity contribution < 1.29 is 22.7 Å². The molecule has 0 saturated heterocycles. The average Bonchev–Trinajstić information content (AvgIpc) is 2.01. The van der Waals surface area contributed by atoms with Gasteiger partial charge in [0.2, 0.25) is 5.88 Å². The summed E-state index contributed by atoms with van der Waals surface area (Å²) >= 11 is 0. The number of pyridine rings is 1. The number of aldehydes is 1. The molecule has 1 aromatic rings. The molecule has 4 nitrogen and oxygen atoms in total. The van der Waals surface area contributed by atoms with E-state index in [2.05, 4.69) is 4.74 Å². The van der Waals surface area contributed by atoms with Crippen LogP contribution in [0.3, 0.4) is 0 Å². The van der Waals surface area contributed by atoms with Gasteiger partial charge in [0, 0.05) is 12.3 Å². The third-order valence-corrected chi connectivity index (χ3v) is 1.27. The number of halogens is 3. The molecule has 0 radical (unpaired) electrons. The van der Waals surface area contributed by atoms with Crippen LogP contribution in [-0.4, -0.2) is 17.6 Å². The van der Waals surface area contributed by atoms with Crippen LogP contribution in [0.15, 0.2) is 17.1 Å². The van der Waals surface area contributed by atoms with E-state index in [1.165, 1.54) is 0 Å². The van der Waals surface area contributed by atoms with Crippen molar-refractivity contribution in [2.45, 2.75) is 6.36 Å². The number of hydrogen-bond acceptors (Lipinski definition) is 3. The lowest BCUT2D eigenvalue weighted by Gasteiger charge is -2.07. The minimum atomic E-state index is -4.87. The van der Waals surface area contributed by atoms with E-state index in [0.29, 0.717) is 6.07 Å². The summed E-state index contributed by atoms with van der Waals surface area (Å²) in [5.41, 5.74) is -1.10. The Bertz CT molecular complexity index is 396. The van der Waals surface area contributed by atoms with Crippen LogP contribution in [0, 0.1) is 0 Å². The SMILES string of the molecule is O=Cc1c[nH]c(OC(F)(F)F)cc1=O. The number of carbonyl (C=O) groups is 1. The van der Waals surface area contributed by atoms with Crippen molar-refractivity contribution in [3.8, 4) is 5.88 Å². The molecule has 1 N–H and O–H groups in total. The molecule has 0 amide bonds. The predicted molar refractivity (Wildman–Crippen MR) is 39.1 cm³/mol. The quantitative estimate of drug-likeness (QED) is 0.738. The normalized spacial score (nSPS) is 11.1. The second kappa shape index (κ2) is 3.52. The van der Waals surface area contributed by atoms with E-state index >= 15 is 0 Å². The molecular formula is C7H4F3NO3. The van der Waals surface area contributed by atoms with E-state index < -0.39 is 17.7 Å². The first-order valence-electron chi connectivity index (χ1n) is 3.36. The highest BCUT2D eigenvalue weighted by Crippen LogP contribution is 2.18. The number of H-pyrrole nitrogens is 1. The van der Waals surface area contributed by atoms with Gasteiger partial charge in [-0.2, -0.15) is 0 Å². The van der Waals surface area contributed by atoms with Crippen molar-refractivity contribution in [3.63, 3.8) is 0 Å². The van der Waals surface area contributed by atoms with Crippen LogP contribution in [0.5, 0.6) is 5.88 Å². The minimum Gasteiger partial charge on any atom is -0.390 e. The molecule has 0 unspecified atom stereocenters. The van der Waals surface area contributed by atoms with E-state index in [4.69, 9.17) is 0 Å². The summed E-state index contributed by atoms with van der Waals surface area (Å²) in [6, 6.07) is 0.553. The maximum atomic E-state index is 11.6. The second-order valence-corrected chi connectivity index (χ2v) is 2.28. The number of nitrogens with one attached hydrogen (secondary N) is 1. The van der Waals surface area contributed by atoms with E-state index in [9.17, 15) is 22.8 Å². The summed E-state index contributed by atoms with van der Waals surface area (Å²) in [4.78, 5) is 23.0. The molecule has 0 bridgehead atoms. The molecule has 1 heterocycles. The van der Waals surface area contributed by atoms with Gasteiger partial charge in [-0.3, -0.25) is 9.59 Å². The van der Waals surface area contributed by atoms with Gasteiger partial charge in [0.15, 0.2) is 11.7 Å². The van der Waals surface area contributed by atoms with Gasteiger partial charge in [-0.1, -0.05) is 0 Å². The summed E-state index contributed by atoms with van der Waals surface area (Å²) < 4.78 is 38.3. The molecule has 14 heavy (non-hydrogen) atoms. The molecule has 0 aliphatic rings. The number of aromatic nitrogens is 1. The first kappa shape index (κ1) is 10.3. The number of alkyl halides is 3. The smallest absolute Gasteiger partial charge is 0.390 e. The Hall–Kier alpha value is -1.79. The molecule has 0 aliphatic heterocycles. The van der Waals surface area contributed by atoms with Crippen LogP contribution in [0.4, 0.5) is 13.2 Å². The lowest BCUT2D eigenvalue weighted by molar-refractivity contribution is -0.276. The summed E-state index contributed by atoms with van der Waals surface area (Å²) in [7, 11) is 0. The molecule has 0 atom stereocenters. The number of carbonyl (C=O) groups excluding carboxylic acids is 1. The van der Waals surface area contributed by atoms with Crippen molar-refractivity contribution in [2.24, 2.45) is 0 Å². The molecule has 7 heteroatoms. The Morgan fingerprint density at radius 2 is 2.07 bits per heavy atom. The van der Waals surface area contributed by atoms with Crippen molar-refractivity contribution in [2.75, 3.05) is 0 Å².